The fraction of sp³-hybridized carbons (Fsp3) is 0.350. The molecule has 5 nitrogen and oxygen atoms in total. The lowest BCUT2D eigenvalue weighted by atomic mass is 10.1. The normalized spacial score (nSPS) is 16.0. The topological polar surface area (TPSA) is 53.6 Å². The highest BCUT2D eigenvalue weighted by molar-refractivity contribution is 6.35. The van der Waals surface area contributed by atoms with Crippen molar-refractivity contribution in [2.45, 2.75) is 19.5 Å². The van der Waals surface area contributed by atoms with Crippen molar-refractivity contribution in [1.82, 2.24) is 10.2 Å². The van der Waals surface area contributed by atoms with Crippen LogP contribution in [0.1, 0.15) is 24.1 Å². The summed E-state index contributed by atoms with van der Waals surface area (Å²) in [5.41, 5.74) is 2.77. The molecule has 1 unspecified atom stereocenters. The summed E-state index contributed by atoms with van der Waals surface area (Å²) >= 11 is 12.0. The van der Waals surface area contributed by atoms with E-state index >= 15 is 0 Å². The van der Waals surface area contributed by atoms with Crippen LogP contribution < -0.4 is 10.6 Å². The first kappa shape index (κ1) is 20.0. The molecular weight excluding hydrogens is 385 g/mol. The van der Waals surface area contributed by atoms with Gasteiger partial charge < -0.3 is 15.4 Å². The van der Waals surface area contributed by atoms with E-state index < -0.39 is 0 Å². The van der Waals surface area contributed by atoms with Crippen molar-refractivity contribution in [3.8, 4) is 0 Å². The summed E-state index contributed by atoms with van der Waals surface area (Å²) in [7, 11) is 0. The van der Waals surface area contributed by atoms with Gasteiger partial charge in [-0.25, -0.2) is 4.79 Å². The zero-order chi connectivity index (χ0) is 19.2. The Morgan fingerprint density at radius 2 is 1.85 bits per heavy atom. The first-order valence-corrected chi connectivity index (χ1v) is 9.69. The minimum Gasteiger partial charge on any atom is -0.379 e. The summed E-state index contributed by atoms with van der Waals surface area (Å²) in [4.78, 5) is 14.5. The van der Waals surface area contributed by atoms with Crippen molar-refractivity contribution >= 4 is 34.9 Å². The number of nitrogens with one attached hydrogen (secondary N) is 2. The number of carbonyl (C=O) groups excluding carboxylic acids is 1. The van der Waals surface area contributed by atoms with E-state index in [0.717, 1.165) is 37.6 Å². The Morgan fingerprint density at radius 1 is 1.15 bits per heavy atom. The minimum absolute atomic E-state index is 0.282. The highest BCUT2D eigenvalue weighted by atomic mass is 35.5. The number of anilines is 1. The number of nitrogens with zero attached hydrogens (tertiary/aromatic N) is 1. The van der Waals surface area contributed by atoms with Gasteiger partial charge in [-0.2, -0.15) is 0 Å². The van der Waals surface area contributed by atoms with Gasteiger partial charge in [0.2, 0.25) is 0 Å². The monoisotopic (exact) mass is 407 g/mol. The largest absolute Gasteiger partial charge is 0.379 e. The Morgan fingerprint density at radius 3 is 2.52 bits per heavy atom. The molecule has 1 aliphatic heterocycles. The van der Waals surface area contributed by atoms with Gasteiger partial charge in [0.15, 0.2) is 0 Å². The first-order chi connectivity index (χ1) is 13.0. The van der Waals surface area contributed by atoms with Crippen LogP contribution in [0.25, 0.3) is 0 Å². The molecule has 1 aliphatic rings. The predicted molar refractivity (Wildman–Crippen MR) is 110 cm³/mol. The molecule has 0 bridgehead atoms. The maximum Gasteiger partial charge on any atom is 0.319 e. The van der Waals surface area contributed by atoms with Gasteiger partial charge in [0.05, 0.1) is 13.2 Å². The molecule has 7 heteroatoms. The summed E-state index contributed by atoms with van der Waals surface area (Å²) in [5.74, 6) is 0. The highest BCUT2D eigenvalue weighted by Gasteiger charge is 2.18. The summed E-state index contributed by atoms with van der Waals surface area (Å²) in [6.07, 6.45) is 0. The van der Waals surface area contributed by atoms with E-state index in [1.165, 1.54) is 5.56 Å². The summed E-state index contributed by atoms with van der Waals surface area (Å²) < 4.78 is 5.41. The average Bonchev–Trinajstić information content (AvgIpc) is 2.68. The molecule has 3 rings (SSSR count). The third kappa shape index (κ3) is 5.59. The third-order valence-electron chi connectivity index (χ3n) is 4.70. The lowest BCUT2D eigenvalue weighted by molar-refractivity contribution is 0.0198. The minimum atomic E-state index is -0.282. The highest BCUT2D eigenvalue weighted by Crippen LogP contribution is 2.23. The molecule has 2 amide bonds. The fourth-order valence-corrected chi connectivity index (χ4v) is 3.51. The molecule has 2 aromatic rings. The van der Waals surface area contributed by atoms with Gasteiger partial charge in [-0.15, -0.1) is 0 Å². The van der Waals surface area contributed by atoms with E-state index in [-0.39, 0.29) is 6.03 Å². The molecule has 27 heavy (non-hydrogen) atoms. The summed E-state index contributed by atoms with van der Waals surface area (Å²) in [6.45, 7) is 5.96. The number of hydrogen-bond acceptors (Lipinski definition) is 3. The van der Waals surface area contributed by atoms with Crippen LogP contribution >= 0.6 is 23.2 Å². The average molecular weight is 408 g/mol. The second kappa shape index (κ2) is 9.42. The van der Waals surface area contributed by atoms with Crippen molar-refractivity contribution in [2.75, 3.05) is 31.6 Å². The molecule has 0 spiro atoms. The van der Waals surface area contributed by atoms with Crippen LogP contribution in [0, 0.1) is 0 Å². The van der Waals surface area contributed by atoms with Crippen molar-refractivity contribution < 1.29 is 9.53 Å². The lowest BCUT2D eigenvalue weighted by Crippen LogP contribution is -2.38. The molecule has 0 saturated carbocycles. The van der Waals surface area contributed by atoms with Crippen LogP contribution in [-0.4, -0.2) is 37.2 Å². The van der Waals surface area contributed by atoms with Gasteiger partial charge in [-0.05, 0) is 42.3 Å². The molecule has 144 valence electrons. The van der Waals surface area contributed by atoms with Crippen LogP contribution in [0.3, 0.4) is 0 Å². The van der Waals surface area contributed by atoms with Crippen molar-refractivity contribution in [2.24, 2.45) is 0 Å². The molecule has 1 heterocycles. The predicted octanol–water partition coefficient (Wildman–Crippen LogP) is 4.71. The van der Waals surface area contributed by atoms with E-state index in [1.807, 2.05) is 24.3 Å². The number of ether oxygens (including phenoxy) is 1. The first-order valence-electron chi connectivity index (χ1n) is 8.93. The molecule has 2 N–H and O–H groups in total. The van der Waals surface area contributed by atoms with E-state index in [0.29, 0.717) is 22.6 Å². The summed E-state index contributed by atoms with van der Waals surface area (Å²) in [6, 6.07) is 13.2. The quantitative estimate of drug-likeness (QED) is 0.754. The Labute approximate surface area is 169 Å². The molecule has 0 aliphatic carbocycles. The van der Waals surface area contributed by atoms with Crippen LogP contribution in [-0.2, 0) is 11.3 Å². The molecule has 1 fully saturated rings. The zero-order valence-electron chi connectivity index (χ0n) is 15.2. The number of urea groups is 1. The van der Waals surface area contributed by atoms with Gasteiger partial charge >= 0.3 is 6.03 Å². The fourth-order valence-electron chi connectivity index (χ4n) is 3.04. The van der Waals surface area contributed by atoms with Gasteiger partial charge in [0.25, 0.3) is 0 Å². The third-order valence-corrected chi connectivity index (χ3v) is 5.29. The van der Waals surface area contributed by atoms with E-state index in [2.05, 4.69) is 22.5 Å². The van der Waals surface area contributed by atoms with Crippen LogP contribution in [0.5, 0.6) is 0 Å². The number of hydrogen-bond donors (Lipinski definition) is 2. The second-order valence-corrected chi connectivity index (χ2v) is 7.33. The smallest absolute Gasteiger partial charge is 0.319 e. The van der Waals surface area contributed by atoms with Crippen molar-refractivity contribution in [1.29, 1.82) is 0 Å². The molecule has 2 aromatic carbocycles. The molecule has 1 atom stereocenters. The van der Waals surface area contributed by atoms with Crippen LogP contribution in [0.15, 0.2) is 42.5 Å². The van der Waals surface area contributed by atoms with Crippen molar-refractivity contribution in [3.63, 3.8) is 0 Å². The number of carbonyl (C=O) groups is 1. The Balaban J connectivity index is 1.52. The number of benzene rings is 2. The Hall–Kier alpha value is -1.79. The maximum absolute atomic E-state index is 12.1. The maximum atomic E-state index is 12.1. The van der Waals surface area contributed by atoms with Crippen LogP contribution in [0.4, 0.5) is 10.5 Å². The molecule has 0 radical (unpaired) electrons. The van der Waals surface area contributed by atoms with Crippen molar-refractivity contribution in [3.05, 3.63) is 63.6 Å². The lowest BCUT2D eigenvalue weighted by Gasteiger charge is -2.32. The number of rotatable bonds is 5. The van der Waals surface area contributed by atoms with E-state index in [9.17, 15) is 4.79 Å². The van der Waals surface area contributed by atoms with E-state index in [1.54, 1.807) is 18.2 Å². The van der Waals surface area contributed by atoms with Gasteiger partial charge in [-0.1, -0.05) is 41.4 Å². The second-order valence-electron chi connectivity index (χ2n) is 6.49. The van der Waals surface area contributed by atoms with Crippen LogP contribution in [0.2, 0.25) is 10.0 Å². The van der Waals surface area contributed by atoms with Gasteiger partial charge in [-0.3, -0.25) is 4.90 Å². The number of amides is 2. The number of halogens is 2. The Bertz CT molecular complexity index is 777. The standard InChI is InChI=1S/C20H23Cl2N3O2/c1-14(25-8-10-27-11-9-25)15-3-6-18(7-4-15)24-20(26)23-13-16-2-5-17(21)12-19(16)22/h2-7,12,14H,8-11,13H2,1H3,(H2,23,24,26). The molecule has 0 aromatic heterocycles. The van der Waals surface area contributed by atoms with Gasteiger partial charge in [0, 0.05) is 41.4 Å². The van der Waals surface area contributed by atoms with E-state index in [4.69, 9.17) is 27.9 Å². The molecular formula is C20H23Cl2N3O2. The number of morpholine rings is 1. The summed E-state index contributed by atoms with van der Waals surface area (Å²) in [5, 5.41) is 6.73. The SMILES string of the molecule is CC(c1ccc(NC(=O)NCc2ccc(Cl)cc2Cl)cc1)N1CCOCC1. The Kier molecular flexibility index (Phi) is 6.96. The molecule has 1 saturated heterocycles. The zero-order valence-corrected chi connectivity index (χ0v) is 16.7. The van der Waals surface area contributed by atoms with Gasteiger partial charge in [0.1, 0.15) is 0 Å².